The number of urea groups is 1. The van der Waals surface area contributed by atoms with Crippen molar-refractivity contribution in [3.63, 3.8) is 0 Å². The number of carbonyl (C=O) groups is 2. The van der Waals surface area contributed by atoms with Crippen LogP contribution in [0, 0.1) is 5.82 Å². The standard InChI is InChI=1S/C18H19ClFN5O3/c1-10-7-25-16(15(6-21-25)24-8-12(26)5-17(24)27)9-23(10)18(28)22-11-2-3-14(20)13(19)4-11/h2-4,6,10,12,26H,5,7-9H2,1H3,(H,22,28). The molecule has 3 heterocycles. The highest BCUT2D eigenvalue weighted by Gasteiger charge is 2.35. The Bertz CT molecular complexity index is 949. The number of rotatable bonds is 2. The Labute approximate surface area is 165 Å². The number of benzene rings is 1. The molecule has 0 saturated carbocycles. The van der Waals surface area contributed by atoms with Gasteiger partial charge in [-0.15, -0.1) is 0 Å². The van der Waals surface area contributed by atoms with E-state index < -0.39 is 11.9 Å². The third kappa shape index (κ3) is 3.31. The van der Waals surface area contributed by atoms with Gasteiger partial charge in [0.15, 0.2) is 0 Å². The van der Waals surface area contributed by atoms with Gasteiger partial charge >= 0.3 is 6.03 Å². The zero-order valence-electron chi connectivity index (χ0n) is 15.1. The van der Waals surface area contributed by atoms with E-state index in [9.17, 15) is 19.1 Å². The van der Waals surface area contributed by atoms with Crippen LogP contribution in [0.4, 0.5) is 20.6 Å². The minimum atomic E-state index is -0.701. The second kappa shape index (κ2) is 7.06. The van der Waals surface area contributed by atoms with Gasteiger partial charge in [-0.1, -0.05) is 11.6 Å². The number of aromatic nitrogens is 2. The Balaban J connectivity index is 1.55. The molecule has 148 valence electrons. The van der Waals surface area contributed by atoms with E-state index in [1.165, 1.54) is 23.1 Å². The molecule has 2 aliphatic heterocycles. The van der Waals surface area contributed by atoms with E-state index in [1.54, 1.807) is 15.8 Å². The van der Waals surface area contributed by atoms with Gasteiger partial charge in [0.05, 0.1) is 60.8 Å². The summed E-state index contributed by atoms with van der Waals surface area (Å²) in [4.78, 5) is 28.1. The van der Waals surface area contributed by atoms with Gasteiger partial charge in [-0.2, -0.15) is 5.10 Å². The van der Waals surface area contributed by atoms with Crippen LogP contribution >= 0.6 is 11.6 Å². The van der Waals surface area contributed by atoms with Crippen molar-refractivity contribution in [2.24, 2.45) is 0 Å². The first-order valence-corrected chi connectivity index (χ1v) is 9.27. The average molecular weight is 408 g/mol. The van der Waals surface area contributed by atoms with Crippen molar-refractivity contribution < 1.29 is 19.1 Å². The fourth-order valence-electron chi connectivity index (χ4n) is 3.57. The third-order valence-electron chi connectivity index (χ3n) is 5.04. The van der Waals surface area contributed by atoms with Crippen molar-refractivity contribution in [2.75, 3.05) is 16.8 Å². The maximum atomic E-state index is 13.3. The zero-order valence-corrected chi connectivity index (χ0v) is 15.9. The van der Waals surface area contributed by atoms with Gasteiger partial charge < -0.3 is 20.2 Å². The molecule has 0 bridgehead atoms. The molecule has 2 atom stereocenters. The van der Waals surface area contributed by atoms with Crippen LogP contribution in [0.1, 0.15) is 19.0 Å². The van der Waals surface area contributed by atoms with Crippen molar-refractivity contribution >= 4 is 34.9 Å². The van der Waals surface area contributed by atoms with E-state index in [-0.39, 0.29) is 42.5 Å². The number of fused-ring (bicyclic) bond motifs is 1. The molecule has 1 saturated heterocycles. The second-order valence-electron chi connectivity index (χ2n) is 7.06. The normalized spacial score (nSPS) is 21.8. The molecule has 2 aromatic rings. The summed E-state index contributed by atoms with van der Waals surface area (Å²) in [6.45, 7) is 2.83. The second-order valence-corrected chi connectivity index (χ2v) is 7.46. The van der Waals surface area contributed by atoms with E-state index in [4.69, 9.17) is 11.6 Å². The number of aliphatic hydroxyl groups is 1. The van der Waals surface area contributed by atoms with Crippen molar-refractivity contribution in [3.8, 4) is 0 Å². The van der Waals surface area contributed by atoms with Gasteiger partial charge in [0.1, 0.15) is 5.82 Å². The molecule has 2 aliphatic rings. The average Bonchev–Trinajstić information content (AvgIpc) is 3.19. The molecule has 4 rings (SSSR count). The monoisotopic (exact) mass is 407 g/mol. The Hall–Kier alpha value is -2.65. The number of nitrogens with zero attached hydrogens (tertiary/aromatic N) is 4. The Morgan fingerprint density at radius 3 is 2.86 bits per heavy atom. The lowest BCUT2D eigenvalue weighted by atomic mass is 10.2. The molecule has 28 heavy (non-hydrogen) atoms. The van der Waals surface area contributed by atoms with Crippen molar-refractivity contribution in [1.29, 1.82) is 0 Å². The summed E-state index contributed by atoms with van der Waals surface area (Å²) in [5.41, 5.74) is 1.73. The highest BCUT2D eigenvalue weighted by atomic mass is 35.5. The number of β-amino-alcohol motifs (C(OH)–C–C–N with tert-alkyl or cyclic N) is 1. The van der Waals surface area contributed by atoms with Crippen LogP contribution in [0.25, 0.3) is 0 Å². The van der Waals surface area contributed by atoms with Gasteiger partial charge in [0.2, 0.25) is 5.91 Å². The predicted octanol–water partition coefficient (Wildman–Crippen LogP) is 2.21. The van der Waals surface area contributed by atoms with Gasteiger partial charge in [0.25, 0.3) is 0 Å². The van der Waals surface area contributed by atoms with Crippen LogP contribution < -0.4 is 10.2 Å². The quantitative estimate of drug-likeness (QED) is 0.798. The molecule has 0 aliphatic carbocycles. The topological polar surface area (TPSA) is 90.7 Å². The molecule has 0 radical (unpaired) electrons. The smallest absolute Gasteiger partial charge is 0.322 e. The first-order valence-electron chi connectivity index (χ1n) is 8.89. The fourth-order valence-corrected chi connectivity index (χ4v) is 3.76. The molecule has 0 spiro atoms. The number of aliphatic hydroxyl groups excluding tert-OH is 1. The molecular formula is C18H19ClFN5O3. The van der Waals surface area contributed by atoms with Crippen LogP contribution in [-0.4, -0.2) is 50.4 Å². The molecule has 1 aromatic heterocycles. The summed E-state index contributed by atoms with van der Waals surface area (Å²) in [7, 11) is 0. The van der Waals surface area contributed by atoms with E-state index in [1.807, 2.05) is 6.92 Å². The third-order valence-corrected chi connectivity index (χ3v) is 5.33. The maximum Gasteiger partial charge on any atom is 0.322 e. The molecule has 1 aromatic carbocycles. The highest BCUT2D eigenvalue weighted by molar-refractivity contribution is 6.31. The lowest BCUT2D eigenvalue weighted by molar-refractivity contribution is -0.117. The number of halogens is 2. The number of carbonyl (C=O) groups excluding carboxylic acids is 2. The summed E-state index contributed by atoms with van der Waals surface area (Å²) in [6, 6.07) is 3.48. The largest absolute Gasteiger partial charge is 0.391 e. The molecule has 2 N–H and O–H groups in total. The molecule has 10 heteroatoms. The number of amides is 3. The molecular weight excluding hydrogens is 389 g/mol. The van der Waals surface area contributed by atoms with Gasteiger partial charge in [-0.25, -0.2) is 9.18 Å². The van der Waals surface area contributed by atoms with Gasteiger partial charge in [0, 0.05) is 5.69 Å². The lowest BCUT2D eigenvalue weighted by Gasteiger charge is -2.35. The minimum Gasteiger partial charge on any atom is -0.391 e. The van der Waals surface area contributed by atoms with E-state index in [2.05, 4.69) is 10.4 Å². The number of hydrogen-bond donors (Lipinski definition) is 2. The van der Waals surface area contributed by atoms with E-state index in [0.29, 0.717) is 17.9 Å². The number of hydrogen-bond acceptors (Lipinski definition) is 4. The van der Waals surface area contributed by atoms with Crippen LogP contribution in [0.5, 0.6) is 0 Å². The van der Waals surface area contributed by atoms with Gasteiger partial charge in [-0.05, 0) is 25.1 Å². The fraction of sp³-hybridized carbons (Fsp3) is 0.389. The summed E-state index contributed by atoms with van der Waals surface area (Å²) in [6.07, 6.45) is 0.976. The van der Waals surface area contributed by atoms with E-state index in [0.717, 1.165) is 5.69 Å². The number of anilines is 2. The molecule has 8 nitrogen and oxygen atoms in total. The summed E-state index contributed by atoms with van der Waals surface area (Å²) >= 11 is 5.77. The van der Waals surface area contributed by atoms with Crippen molar-refractivity contribution in [2.45, 2.75) is 38.6 Å². The van der Waals surface area contributed by atoms with Crippen LogP contribution in [0.3, 0.4) is 0 Å². The summed E-state index contributed by atoms with van der Waals surface area (Å²) < 4.78 is 15.1. The Kier molecular flexibility index (Phi) is 4.72. The Morgan fingerprint density at radius 1 is 1.39 bits per heavy atom. The SMILES string of the molecule is CC1Cn2ncc(N3CC(O)CC3=O)c2CN1C(=O)Nc1ccc(F)c(Cl)c1. The van der Waals surface area contributed by atoms with E-state index >= 15 is 0 Å². The maximum absolute atomic E-state index is 13.3. The van der Waals surface area contributed by atoms with Crippen LogP contribution in [-0.2, 0) is 17.9 Å². The van der Waals surface area contributed by atoms with Gasteiger partial charge in [-0.3, -0.25) is 9.48 Å². The Morgan fingerprint density at radius 2 is 2.18 bits per heavy atom. The van der Waals surface area contributed by atoms with Crippen molar-refractivity contribution in [1.82, 2.24) is 14.7 Å². The summed E-state index contributed by atoms with van der Waals surface area (Å²) in [5.74, 6) is -0.726. The number of nitrogens with one attached hydrogen (secondary N) is 1. The molecule has 1 fully saturated rings. The zero-order chi connectivity index (χ0) is 20.0. The molecule has 2 unspecified atom stereocenters. The van der Waals surface area contributed by atoms with Crippen molar-refractivity contribution in [3.05, 3.63) is 40.9 Å². The predicted molar refractivity (Wildman–Crippen MR) is 101 cm³/mol. The first kappa shape index (κ1) is 18.7. The molecule has 3 amide bonds. The van der Waals surface area contributed by atoms with Crippen LogP contribution in [0.15, 0.2) is 24.4 Å². The summed E-state index contributed by atoms with van der Waals surface area (Å²) in [5, 5.41) is 16.7. The van der Waals surface area contributed by atoms with Crippen LogP contribution in [0.2, 0.25) is 5.02 Å². The first-order chi connectivity index (χ1) is 13.3. The lowest BCUT2D eigenvalue weighted by Crippen LogP contribution is -2.47. The minimum absolute atomic E-state index is 0.0732. The highest BCUT2D eigenvalue weighted by Crippen LogP contribution is 2.30.